The Morgan fingerprint density at radius 3 is 2.73 bits per heavy atom. The highest BCUT2D eigenvalue weighted by Crippen LogP contribution is 2.41. The van der Waals surface area contributed by atoms with Crippen molar-refractivity contribution in [3.8, 4) is 5.75 Å². The van der Waals surface area contributed by atoms with Crippen LogP contribution in [0.5, 0.6) is 5.75 Å². The Morgan fingerprint density at radius 2 is 2.00 bits per heavy atom. The first-order chi connectivity index (χ1) is 14.3. The van der Waals surface area contributed by atoms with E-state index in [0.29, 0.717) is 30.3 Å². The lowest BCUT2D eigenvalue weighted by Gasteiger charge is -2.40. The minimum atomic E-state index is -1.51. The van der Waals surface area contributed by atoms with E-state index in [1.165, 1.54) is 0 Å². The molecule has 3 heterocycles. The van der Waals surface area contributed by atoms with Crippen LogP contribution in [-0.2, 0) is 4.79 Å². The molecule has 3 aliphatic rings. The first-order valence-corrected chi connectivity index (χ1v) is 9.87. The van der Waals surface area contributed by atoms with Crippen molar-refractivity contribution in [2.45, 2.75) is 50.3 Å². The lowest BCUT2D eigenvalue weighted by molar-refractivity contribution is -0.120. The van der Waals surface area contributed by atoms with Crippen molar-refractivity contribution in [2.24, 2.45) is 0 Å². The SMILES string of the molecule is C[C@]12CCCN1c1nc(NC3CC(Oc4cc(F)c(F)c(F)c4)C3)ncc1NC2=O. The molecule has 0 radical (unpaired) electrons. The van der Waals surface area contributed by atoms with Crippen LogP contribution in [0.15, 0.2) is 18.3 Å². The molecule has 1 amide bonds. The number of hydrogen-bond acceptors (Lipinski definition) is 6. The zero-order chi connectivity index (χ0) is 21.0. The third-order valence-electron chi connectivity index (χ3n) is 6.09. The van der Waals surface area contributed by atoms with Gasteiger partial charge in [0.25, 0.3) is 0 Å². The summed E-state index contributed by atoms with van der Waals surface area (Å²) in [5.74, 6) is -2.98. The van der Waals surface area contributed by atoms with Crippen molar-refractivity contribution < 1.29 is 22.7 Å². The predicted molar refractivity (Wildman–Crippen MR) is 103 cm³/mol. The zero-order valence-electron chi connectivity index (χ0n) is 16.2. The quantitative estimate of drug-likeness (QED) is 0.741. The molecule has 1 aliphatic carbocycles. The molecule has 158 valence electrons. The van der Waals surface area contributed by atoms with E-state index in [4.69, 9.17) is 4.74 Å². The zero-order valence-corrected chi connectivity index (χ0v) is 16.2. The van der Waals surface area contributed by atoms with Gasteiger partial charge in [0.1, 0.15) is 23.1 Å². The number of fused-ring (bicyclic) bond motifs is 3. The Bertz CT molecular complexity index is 1010. The Hall–Kier alpha value is -3.04. The van der Waals surface area contributed by atoms with Crippen LogP contribution < -0.4 is 20.3 Å². The van der Waals surface area contributed by atoms with Crippen LogP contribution in [0.25, 0.3) is 0 Å². The van der Waals surface area contributed by atoms with Crippen LogP contribution in [-0.4, -0.2) is 40.1 Å². The van der Waals surface area contributed by atoms with Crippen molar-refractivity contribution in [3.05, 3.63) is 35.8 Å². The largest absolute Gasteiger partial charge is 0.490 e. The number of nitrogens with zero attached hydrogens (tertiary/aromatic N) is 3. The molecule has 1 saturated carbocycles. The predicted octanol–water partition coefficient (Wildman–Crippen LogP) is 3.23. The fourth-order valence-corrected chi connectivity index (χ4v) is 4.29. The van der Waals surface area contributed by atoms with E-state index >= 15 is 0 Å². The average Bonchev–Trinajstić information content (AvgIpc) is 3.08. The van der Waals surface area contributed by atoms with Crippen LogP contribution in [0.4, 0.5) is 30.6 Å². The number of rotatable bonds is 4. The molecule has 10 heteroatoms. The second-order valence-electron chi connectivity index (χ2n) is 8.17. The van der Waals surface area contributed by atoms with Crippen LogP contribution in [0.1, 0.15) is 32.6 Å². The summed E-state index contributed by atoms with van der Waals surface area (Å²) < 4.78 is 45.2. The maximum atomic E-state index is 13.3. The normalized spacial score (nSPS) is 27.1. The van der Waals surface area contributed by atoms with Crippen LogP contribution in [0.2, 0.25) is 0 Å². The van der Waals surface area contributed by atoms with Crippen molar-refractivity contribution in [1.29, 1.82) is 0 Å². The number of benzene rings is 1. The number of amides is 1. The minimum Gasteiger partial charge on any atom is -0.490 e. The summed E-state index contributed by atoms with van der Waals surface area (Å²) in [5, 5.41) is 6.12. The van der Waals surface area contributed by atoms with E-state index < -0.39 is 23.0 Å². The Balaban J connectivity index is 1.23. The summed E-state index contributed by atoms with van der Waals surface area (Å²) >= 11 is 0. The number of aromatic nitrogens is 2. The molecule has 2 aliphatic heterocycles. The summed E-state index contributed by atoms with van der Waals surface area (Å²) in [4.78, 5) is 23.3. The third-order valence-corrected chi connectivity index (χ3v) is 6.09. The third kappa shape index (κ3) is 3.01. The highest BCUT2D eigenvalue weighted by Gasteiger charge is 2.48. The molecule has 0 bridgehead atoms. The van der Waals surface area contributed by atoms with Gasteiger partial charge in [-0.25, -0.2) is 18.2 Å². The van der Waals surface area contributed by atoms with Crippen LogP contribution in [0, 0.1) is 17.5 Å². The van der Waals surface area contributed by atoms with Crippen molar-refractivity contribution >= 4 is 23.4 Å². The molecule has 2 aromatic rings. The monoisotopic (exact) mass is 419 g/mol. The van der Waals surface area contributed by atoms with Gasteiger partial charge in [-0.15, -0.1) is 0 Å². The van der Waals surface area contributed by atoms with E-state index in [9.17, 15) is 18.0 Å². The van der Waals surface area contributed by atoms with Crippen molar-refractivity contribution in [3.63, 3.8) is 0 Å². The Labute approximate surface area is 170 Å². The van der Waals surface area contributed by atoms with Gasteiger partial charge in [0, 0.05) is 37.6 Å². The maximum Gasteiger partial charge on any atom is 0.250 e. The number of carbonyl (C=O) groups excluding carboxylic acids is 1. The van der Waals surface area contributed by atoms with Gasteiger partial charge in [-0.3, -0.25) is 4.79 Å². The Morgan fingerprint density at radius 1 is 1.27 bits per heavy atom. The summed E-state index contributed by atoms with van der Waals surface area (Å²) in [5.41, 5.74) is 0.00777. The topological polar surface area (TPSA) is 79.4 Å². The Kier molecular flexibility index (Phi) is 4.26. The van der Waals surface area contributed by atoms with Crippen LogP contribution in [0.3, 0.4) is 0 Å². The second kappa shape index (κ2) is 6.75. The highest BCUT2D eigenvalue weighted by atomic mass is 19.2. The molecule has 30 heavy (non-hydrogen) atoms. The number of anilines is 3. The minimum absolute atomic E-state index is 0.0336. The van der Waals surface area contributed by atoms with E-state index in [1.54, 1.807) is 6.20 Å². The molecular weight excluding hydrogens is 399 g/mol. The molecule has 1 saturated heterocycles. The summed E-state index contributed by atoms with van der Waals surface area (Å²) in [7, 11) is 0. The number of ether oxygens (including phenoxy) is 1. The van der Waals surface area contributed by atoms with Gasteiger partial charge in [-0.1, -0.05) is 0 Å². The summed E-state index contributed by atoms with van der Waals surface area (Å²) in [6, 6.07) is 1.71. The van der Waals surface area contributed by atoms with E-state index in [0.717, 1.165) is 31.5 Å². The molecule has 2 fully saturated rings. The highest BCUT2D eigenvalue weighted by molar-refractivity contribution is 6.06. The smallest absolute Gasteiger partial charge is 0.250 e. The molecule has 7 nitrogen and oxygen atoms in total. The molecular formula is C20H20F3N5O2. The lowest BCUT2D eigenvalue weighted by atomic mass is 9.89. The van der Waals surface area contributed by atoms with Gasteiger partial charge in [0.2, 0.25) is 11.9 Å². The number of halogens is 3. The molecule has 1 atom stereocenters. The number of carbonyl (C=O) groups is 1. The second-order valence-corrected chi connectivity index (χ2v) is 8.17. The molecule has 2 N–H and O–H groups in total. The number of nitrogens with one attached hydrogen (secondary N) is 2. The fourth-order valence-electron chi connectivity index (χ4n) is 4.29. The van der Waals surface area contributed by atoms with E-state index in [2.05, 4.69) is 20.6 Å². The summed E-state index contributed by atoms with van der Waals surface area (Å²) in [6.45, 7) is 2.68. The van der Waals surface area contributed by atoms with Gasteiger partial charge in [0.05, 0.1) is 6.20 Å². The molecule has 5 rings (SSSR count). The van der Waals surface area contributed by atoms with Crippen LogP contribution >= 0.6 is 0 Å². The van der Waals surface area contributed by atoms with Gasteiger partial charge in [0.15, 0.2) is 23.3 Å². The van der Waals surface area contributed by atoms with Gasteiger partial charge in [-0.05, 0) is 19.8 Å². The first kappa shape index (κ1) is 19.0. The van der Waals surface area contributed by atoms with Gasteiger partial charge in [-0.2, -0.15) is 4.98 Å². The fraction of sp³-hybridized carbons (Fsp3) is 0.450. The van der Waals surface area contributed by atoms with Gasteiger partial charge < -0.3 is 20.3 Å². The summed E-state index contributed by atoms with van der Waals surface area (Å²) in [6.07, 6.45) is 4.21. The molecule has 0 spiro atoms. The average molecular weight is 419 g/mol. The van der Waals surface area contributed by atoms with E-state index in [1.807, 2.05) is 11.8 Å². The standard InChI is InChI=1S/C20H20F3N5O2/c1-20-3-2-4-28(20)17-15(26-18(20)29)9-24-19(27-17)25-10-5-11(6-10)30-12-7-13(21)16(23)14(22)8-12/h7-11H,2-6H2,1H3,(H,26,29)(H,24,25,27)/t10?,11?,20-/m1/s1. The molecule has 0 unspecified atom stereocenters. The number of hydrogen-bond donors (Lipinski definition) is 2. The van der Waals surface area contributed by atoms with Crippen molar-refractivity contribution in [2.75, 3.05) is 22.1 Å². The molecule has 1 aromatic carbocycles. The molecule has 1 aromatic heterocycles. The maximum absolute atomic E-state index is 13.3. The first-order valence-electron chi connectivity index (χ1n) is 9.87. The lowest BCUT2D eigenvalue weighted by Crippen LogP contribution is -2.54. The van der Waals surface area contributed by atoms with E-state index in [-0.39, 0.29) is 23.8 Å². The van der Waals surface area contributed by atoms with Gasteiger partial charge >= 0.3 is 0 Å². The van der Waals surface area contributed by atoms with Crippen molar-refractivity contribution in [1.82, 2.24) is 9.97 Å².